The summed E-state index contributed by atoms with van der Waals surface area (Å²) in [5, 5.41) is 17.7. The molecule has 0 heterocycles. The summed E-state index contributed by atoms with van der Waals surface area (Å²) in [5.74, 6) is 0. The first-order chi connectivity index (χ1) is 9.12. The van der Waals surface area contributed by atoms with E-state index in [9.17, 15) is 0 Å². The van der Waals surface area contributed by atoms with Gasteiger partial charge in [-0.05, 0) is 40.5 Å². The molecule has 1 aromatic carbocycles. The van der Waals surface area contributed by atoms with Gasteiger partial charge >= 0.3 is 0 Å². The average Bonchev–Trinajstić information content (AvgIpc) is 2.43. The van der Waals surface area contributed by atoms with E-state index in [4.69, 9.17) is 10.2 Å². The standard InChI is InChI=1S/C6H6.2C5H12O.4CH4.I2/c1-2-4-6-5-3-1;2*1-4-5(2,3)6;;;;;1-2/h1-6H;2*6H,4H2,1-3H3;4*1H4;. The predicted molar refractivity (Wildman–Crippen MR) is 135 cm³/mol. The molecule has 0 saturated heterocycles. The lowest BCUT2D eigenvalue weighted by molar-refractivity contribution is 0.0759. The predicted octanol–water partition coefficient (Wildman–Crippen LogP) is 8.34. The Labute approximate surface area is 178 Å². The number of aliphatic hydroxyl groups is 2. The lowest BCUT2D eigenvalue weighted by Crippen LogP contribution is -2.15. The van der Waals surface area contributed by atoms with Gasteiger partial charge in [-0.3, -0.25) is 0 Å². The van der Waals surface area contributed by atoms with Crippen molar-refractivity contribution < 1.29 is 10.2 Å². The van der Waals surface area contributed by atoms with Crippen LogP contribution >= 0.6 is 37.2 Å². The molecule has 0 aromatic heterocycles. The summed E-state index contributed by atoms with van der Waals surface area (Å²) in [4.78, 5) is 0. The van der Waals surface area contributed by atoms with E-state index < -0.39 is 11.2 Å². The van der Waals surface area contributed by atoms with Gasteiger partial charge in [-0.15, -0.1) is 0 Å². The molecule has 0 aliphatic rings. The van der Waals surface area contributed by atoms with Gasteiger partial charge in [-0.1, -0.05) is 80.0 Å². The van der Waals surface area contributed by atoms with Crippen molar-refractivity contribution in [1.29, 1.82) is 0 Å². The van der Waals surface area contributed by atoms with E-state index in [-0.39, 0.29) is 29.7 Å². The molecule has 0 unspecified atom stereocenters. The van der Waals surface area contributed by atoms with Gasteiger partial charge in [0, 0.05) is 37.2 Å². The van der Waals surface area contributed by atoms with Crippen LogP contribution in [0.15, 0.2) is 36.4 Å². The molecule has 152 valence electrons. The first-order valence-corrected chi connectivity index (χ1v) is 13.0. The third kappa shape index (κ3) is 66.4. The Morgan fingerprint density at radius 1 is 0.583 bits per heavy atom. The van der Waals surface area contributed by atoms with Crippen LogP contribution in [-0.4, -0.2) is 21.4 Å². The summed E-state index contributed by atoms with van der Waals surface area (Å²) in [6, 6.07) is 12.0. The fourth-order valence-corrected chi connectivity index (χ4v) is 0.385. The van der Waals surface area contributed by atoms with Crippen molar-refractivity contribution >= 4 is 37.2 Å². The zero-order valence-electron chi connectivity index (χ0n) is 13.5. The summed E-state index contributed by atoms with van der Waals surface area (Å²) in [6.07, 6.45) is 1.65. The van der Waals surface area contributed by atoms with E-state index in [1.54, 1.807) is 27.7 Å². The van der Waals surface area contributed by atoms with Crippen molar-refractivity contribution in [1.82, 2.24) is 0 Å². The normalized spacial score (nSPS) is 8.25. The minimum absolute atomic E-state index is 0. The molecule has 24 heavy (non-hydrogen) atoms. The zero-order chi connectivity index (χ0) is 16.7. The monoisotopic (exact) mass is 572 g/mol. The van der Waals surface area contributed by atoms with Crippen molar-refractivity contribution in [3.05, 3.63) is 36.4 Å². The molecule has 0 amide bonds. The van der Waals surface area contributed by atoms with Gasteiger partial charge in [0.05, 0.1) is 11.2 Å². The number of rotatable bonds is 2. The van der Waals surface area contributed by atoms with Gasteiger partial charge in [0.1, 0.15) is 0 Å². The highest BCUT2D eigenvalue weighted by Gasteiger charge is 2.06. The number of halogens is 2. The Kier molecular flexibility index (Phi) is 52.4. The molecule has 2 N–H and O–H groups in total. The van der Waals surface area contributed by atoms with Crippen molar-refractivity contribution in [2.24, 2.45) is 0 Å². The fourth-order valence-electron chi connectivity index (χ4n) is 0.385. The summed E-state index contributed by atoms with van der Waals surface area (Å²) in [6.45, 7) is 11.1. The SMILES string of the molecule is C.C.C.C.CCC(C)(C)O.CCC(C)(C)O.II.c1ccccc1. The van der Waals surface area contributed by atoms with Crippen molar-refractivity contribution in [3.8, 4) is 0 Å². The Morgan fingerprint density at radius 2 is 0.667 bits per heavy atom. The van der Waals surface area contributed by atoms with E-state index in [2.05, 4.69) is 37.2 Å². The van der Waals surface area contributed by atoms with Crippen LogP contribution in [0.4, 0.5) is 0 Å². The molecule has 0 saturated carbocycles. The Balaban J connectivity index is -0.0000000318. The molecule has 0 aliphatic carbocycles. The van der Waals surface area contributed by atoms with Gasteiger partial charge in [0.15, 0.2) is 0 Å². The van der Waals surface area contributed by atoms with Crippen LogP contribution in [0.3, 0.4) is 0 Å². The van der Waals surface area contributed by atoms with E-state index in [1.165, 1.54) is 0 Å². The lowest BCUT2D eigenvalue weighted by Gasteiger charge is -2.11. The maximum atomic E-state index is 8.83. The van der Waals surface area contributed by atoms with Gasteiger partial charge in [0.2, 0.25) is 0 Å². The minimum atomic E-state index is -0.458. The maximum absolute atomic E-state index is 8.83. The molecule has 0 radical (unpaired) electrons. The van der Waals surface area contributed by atoms with Gasteiger partial charge in [-0.2, -0.15) is 0 Å². The van der Waals surface area contributed by atoms with Crippen LogP contribution in [0, 0.1) is 0 Å². The zero-order valence-corrected chi connectivity index (χ0v) is 17.8. The average molecular weight is 572 g/mol. The molecule has 0 aliphatic heterocycles. The van der Waals surface area contributed by atoms with Gasteiger partial charge in [-0.25, -0.2) is 0 Å². The Hall–Kier alpha value is 0.600. The van der Waals surface area contributed by atoms with E-state index in [0.29, 0.717) is 0 Å². The maximum Gasteiger partial charge on any atom is 0.0589 e. The first-order valence-electron chi connectivity index (χ1n) is 6.71. The fraction of sp³-hybridized carbons (Fsp3) is 0.700. The van der Waals surface area contributed by atoms with Crippen LogP contribution in [0.5, 0.6) is 0 Å². The second-order valence-electron chi connectivity index (χ2n) is 5.49. The second kappa shape index (κ2) is 28.4. The number of hydrogen-bond acceptors (Lipinski definition) is 2. The minimum Gasteiger partial charge on any atom is -0.390 e. The van der Waals surface area contributed by atoms with Crippen molar-refractivity contribution in [3.63, 3.8) is 0 Å². The molecule has 0 fully saturated rings. The molecule has 4 heteroatoms. The summed E-state index contributed by atoms with van der Waals surface area (Å²) < 4.78 is 0. The van der Waals surface area contributed by atoms with Crippen molar-refractivity contribution in [2.45, 2.75) is 95.3 Å². The first kappa shape index (κ1) is 44.2. The van der Waals surface area contributed by atoms with Gasteiger partial charge in [0.25, 0.3) is 0 Å². The van der Waals surface area contributed by atoms with Crippen LogP contribution < -0.4 is 0 Å². The van der Waals surface area contributed by atoms with Crippen molar-refractivity contribution in [2.75, 3.05) is 0 Å². The summed E-state index contributed by atoms with van der Waals surface area (Å²) in [5.41, 5.74) is -0.917. The van der Waals surface area contributed by atoms with E-state index in [0.717, 1.165) is 12.8 Å². The summed E-state index contributed by atoms with van der Waals surface area (Å²) >= 11 is 4.24. The third-order valence-electron chi connectivity index (χ3n) is 2.40. The number of benzene rings is 1. The molecule has 1 aromatic rings. The van der Waals surface area contributed by atoms with E-state index in [1.807, 2.05) is 50.2 Å². The Morgan fingerprint density at radius 3 is 0.708 bits per heavy atom. The number of hydrogen-bond donors (Lipinski definition) is 2. The Bertz CT molecular complexity index is 224. The van der Waals surface area contributed by atoms with Gasteiger partial charge < -0.3 is 10.2 Å². The molecule has 0 atom stereocenters. The second-order valence-corrected chi connectivity index (χ2v) is 5.49. The third-order valence-corrected chi connectivity index (χ3v) is 2.40. The smallest absolute Gasteiger partial charge is 0.0589 e. The van der Waals surface area contributed by atoms with Crippen LogP contribution in [-0.2, 0) is 0 Å². The topological polar surface area (TPSA) is 40.5 Å². The highest BCUT2D eigenvalue weighted by Crippen LogP contribution is 2.04. The van der Waals surface area contributed by atoms with E-state index >= 15 is 0 Å². The molecule has 0 spiro atoms. The molecular formula is C20H46I2O2. The highest BCUT2D eigenvalue weighted by molar-refractivity contribution is 15.0. The highest BCUT2D eigenvalue weighted by atomic mass is 128. The lowest BCUT2D eigenvalue weighted by atomic mass is 10.1. The molecular weight excluding hydrogens is 526 g/mol. The van der Waals surface area contributed by atoms with Crippen LogP contribution in [0.2, 0.25) is 0 Å². The largest absolute Gasteiger partial charge is 0.390 e. The van der Waals surface area contributed by atoms with Crippen LogP contribution in [0.1, 0.15) is 84.1 Å². The van der Waals surface area contributed by atoms with Crippen LogP contribution in [0.25, 0.3) is 0 Å². The summed E-state index contributed by atoms with van der Waals surface area (Å²) in [7, 11) is 0. The quantitative estimate of drug-likeness (QED) is 0.350. The molecule has 1 rings (SSSR count). The molecule has 0 bridgehead atoms. The molecule has 2 nitrogen and oxygen atoms in total.